The molecule has 0 radical (unpaired) electrons. The van der Waals surface area contributed by atoms with E-state index in [9.17, 15) is 0 Å². The van der Waals surface area contributed by atoms with E-state index in [2.05, 4.69) is 0 Å². The van der Waals surface area contributed by atoms with Crippen LogP contribution in [-0.2, 0) is 0 Å². The zero-order valence-electron chi connectivity index (χ0n) is 5.55. The second kappa shape index (κ2) is 4.30. The Hall–Kier alpha value is 1.74. The van der Waals surface area contributed by atoms with Gasteiger partial charge in [-0.05, 0) is 6.42 Å². The minimum absolute atomic E-state index is 0.415. The van der Waals surface area contributed by atoms with Crippen LogP contribution in [0.2, 0.25) is 0 Å². The van der Waals surface area contributed by atoms with Crippen molar-refractivity contribution in [3.63, 3.8) is 0 Å². The van der Waals surface area contributed by atoms with Crippen LogP contribution in [0, 0.1) is 0 Å². The maximum Gasteiger partial charge on any atom is 0.209 e. The van der Waals surface area contributed by atoms with E-state index in [4.69, 9.17) is 69.6 Å². The normalized spacial score (nSPS) is 16.6. The van der Waals surface area contributed by atoms with Crippen molar-refractivity contribution in [2.45, 2.75) is 26.8 Å². The molecule has 11 heavy (non-hydrogen) atoms. The lowest BCUT2D eigenvalue weighted by atomic mass is 10.2. The van der Waals surface area contributed by atoms with Gasteiger partial charge in [0.15, 0.2) is 0 Å². The third-order valence-corrected chi connectivity index (χ3v) is 4.01. The first-order chi connectivity index (χ1) is 4.72. The van der Waals surface area contributed by atoms with Gasteiger partial charge in [0.2, 0.25) is 3.79 Å². The molecule has 0 amide bonds. The summed E-state index contributed by atoms with van der Waals surface area (Å²) in [6.45, 7) is 1.76. The van der Waals surface area contributed by atoms with Crippen molar-refractivity contribution in [3.05, 3.63) is 0 Å². The molecule has 6 heteroatoms. The summed E-state index contributed by atoms with van der Waals surface area (Å²) in [6, 6.07) is 0. The van der Waals surface area contributed by atoms with Gasteiger partial charge in [-0.15, -0.1) is 11.6 Å². The van der Waals surface area contributed by atoms with E-state index in [1.165, 1.54) is 0 Å². The Balaban J connectivity index is 4.35. The molecule has 1 atom stereocenters. The van der Waals surface area contributed by atoms with Gasteiger partial charge < -0.3 is 0 Å². The highest BCUT2D eigenvalue weighted by atomic mass is 35.6. The summed E-state index contributed by atoms with van der Waals surface area (Å²) in [5, 5.41) is -0.923. The van der Waals surface area contributed by atoms with E-state index in [0.29, 0.717) is 6.42 Å². The first-order valence-corrected chi connectivity index (χ1v) is 5.13. The predicted molar refractivity (Wildman–Crippen MR) is 54.7 cm³/mol. The summed E-state index contributed by atoms with van der Waals surface area (Å²) < 4.78 is -2.84. The van der Waals surface area contributed by atoms with E-state index >= 15 is 0 Å². The number of rotatable bonds is 2. The van der Waals surface area contributed by atoms with Crippen LogP contribution in [-0.4, -0.2) is 13.5 Å². The van der Waals surface area contributed by atoms with E-state index in [-0.39, 0.29) is 0 Å². The van der Waals surface area contributed by atoms with Gasteiger partial charge in [0.25, 0.3) is 0 Å². The average Bonchev–Trinajstić information content (AvgIpc) is 1.84. The minimum atomic E-state index is -1.64. The SMILES string of the molecule is CCC(Cl)(Cl)C(Cl)C(Cl)(Cl)Cl. The molecule has 0 aromatic rings. The third kappa shape index (κ3) is 3.97. The largest absolute Gasteiger partial charge is 0.209 e. The number of hydrogen-bond acceptors (Lipinski definition) is 0. The molecular formula is C5H6Cl6. The molecule has 0 aliphatic rings. The molecule has 0 aromatic carbocycles. The van der Waals surface area contributed by atoms with Crippen LogP contribution in [0.15, 0.2) is 0 Å². The smallest absolute Gasteiger partial charge is 0.115 e. The molecule has 0 heterocycles. The fourth-order valence-electron chi connectivity index (χ4n) is 0.419. The van der Waals surface area contributed by atoms with E-state index in [1.54, 1.807) is 6.92 Å². The van der Waals surface area contributed by atoms with Crippen LogP contribution in [0.4, 0.5) is 0 Å². The lowest BCUT2D eigenvalue weighted by molar-refractivity contribution is 0.691. The van der Waals surface area contributed by atoms with Gasteiger partial charge in [-0.25, -0.2) is 0 Å². The maximum atomic E-state index is 5.74. The summed E-state index contributed by atoms with van der Waals surface area (Å²) in [6.07, 6.45) is 0.415. The van der Waals surface area contributed by atoms with Crippen molar-refractivity contribution in [2.75, 3.05) is 0 Å². The number of halogens is 6. The van der Waals surface area contributed by atoms with E-state index in [0.717, 1.165) is 0 Å². The van der Waals surface area contributed by atoms with Crippen molar-refractivity contribution >= 4 is 69.6 Å². The molecular weight excluding hydrogens is 273 g/mol. The molecule has 0 aromatic heterocycles. The van der Waals surface area contributed by atoms with Crippen molar-refractivity contribution in [1.82, 2.24) is 0 Å². The van der Waals surface area contributed by atoms with Crippen LogP contribution in [0.3, 0.4) is 0 Å². The maximum absolute atomic E-state index is 5.74. The summed E-state index contributed by atoms with van der Waals surface area (Å²) in [4.78, 5) is 0. The predicted octanol–water partition coefficient (Wildman–Crippen LogP) is 4.55. The second-order valence-corrected chi connectivity index (χ2v) is 6.37. The molecule has 0 aliphatic carbocycles. The molecule has 0 saturated heterocycles. The van der Waals surface area contributed by atoms with Gasteiger partial charge >= 0.3 is 0 Å². The lowest BCUT2D eigenvalue weighted by Gasteiger charge is -2.28. The summed E-state index contributed by atoms with van der Waals surface area (Å²) in [5.41, 5.74) is 0. The summed E-state index contributed by atoms with van der Waals surface area (Å²) in [7, 11) is 0. The highest BCUT2D eigenvalue weighted by Gasteiger charge is 2.44. The standard InChI is InChI=1S/C5H6Cl6/c1-2-4(7,8)3(6)5(9,10)11/h3H,2H2,1H3. The van der Waals surface area contributed by atoms with Crippen LogP contribution < -0.4 is 0 Å². The van der Waals surface area contributed by atoms with Gasteiger partial charge in [0.05, 0.1) is 0 Å². The van der Waals surface area contributed by atoms with Gasteiger partial charge in [-0.2, -0.15) is 0 Å². The summed E-state index contributed by atoms with van der Waals surface area (Å²) >= 11 is 33.6. The topological polar surface area (TPSA) is 0 Å². The van der Waals surface area contributed by atoms with E-state index in [1.807, 2.05) is 0 Å². The molecule has 0 bridgehead atoms. The number of hydrogen-bond donors (Lipinski definition) is 0. The monoisotopic (exact) mass is 276 g/mol. The fourth-order valence-corrected chi connectivity index (χ4v) is 1.79. The third-order valence-electron chi connectivity index (χ3n) is 1.13. The zero-order chi connectivity index (χ0) is 9.28. The Labute approximate surface area is 96.0 Å². The molecule has 0 N–H and O–H groups in total. The first kappa shape index (κ1) is 12.7. The molecule has 0 saturated carbocycles. The van der Waals surface area contributed by atoms with Crippen LogP contribution in [0.1, 0.15) is 13.3 Å². The average molecular weight is 279 g/mol. The molecule has 68 valence electrons. The van der Waals surface area contributed by atoms with Gasteiger partial charge in [-0.3, -0.25) is 0 Å². The quantitative estimate of drug-likeness (QED) is 0.650. The molecule has 1 unspecified atom stereocenters. The Morgan fingerprint density at radius 3 is 1.55 bits per heavy atom. The molecule has 0 spiro atoms. The van der Waals surface area contributed by atoms with Crippen LogP contribution in [0.25, 0.3) is 0 Å². The van der Waals surface area contributed by atoms with Gasteiger partial charge in [0, 0.05) is 0 Å². The molecule has 0 rings (SSSR count). The van der Waals surface area contributed by atoms with E-state index < -0.39 is 13.5 Å². The van der Waals surface area contributed by atoms with Gasteiger partial charge in [0.1, 0.15) is 9.71 Å². The minimum Gasteiger partial charge on any atom is -0.115 e. The van der Waals surface area contributed by atoms with Crippen molar-refractivity contribution in [2.24, 2.45) is 0 Å². The van der Waals surface area contributed by atoms with Crippen LogP contribution >= 0.6 is 69.6 Å². The van der Waals surface area contributed by atoms with Crippen LogP contribution in [0.5, 0.6) is 0 Å². The first-order valence-electron chi connectivity index (χ1n) is 2.80. The Morgan fingerprint density at radius 1 is 1.09 bits per heavy atom. The molecule has 0 fully saturated rings. The second-order valence-electron chi connectivity index (χ2n) is 2.02. The van der Waals surface area contributed by atoms with Crippen molar-refractivity contribution in [1.29, 1.82) is 0 Å². The Morgan fingerprint density at radius 2 is 1.45 bits per heavy atom. The highest BCUT2D eigenvalue weighted by molar-refractivity contribution is 6.71. The van der Waals surface area contributed by atoms with Gasteiger partial charge in [-0.1, -0.05) is 64.9 Å². The van der Waals surface area contributed by atoms with Crippen molar-refractivity contribution in [3.8, 4) is 0 Å². The summed E-state index contributed by atoms with van der Waals surface area (Å²) in [5.74, 6) is 0. The fraction of sp³-hybridized carbons (Fsp3) is 1.00. The molecule has 0 nitrogen and oxygen atoms in total. The Bertz CT molecular complexity index is 125. The van der Waals surface area contributed by atoms with Crippen molar-refractivity contribution < 1.29 is 0 Å². The Kier molecular flexibility index (Phi) is 4.98. The lowest BCUT2D eigenvalue weighted by Crippen LogP contribution is -2.36. The zero-order valence-corrected chi connectivity index (χ0v) is 10.1. The number of alkyl halides is 6. The molecule has 0 aliphatic heterocycles. The highest BCUT2D eigenvalue weighted by Crippen LogP contribution is 2.45.